The fraction of sp³-hybridized carbons (Fsp3) is 0.167. The van der Waals surface area contributed by atoms with Crippen LogP contribution in [0.1, 0.15) is 22.6 Å². The molecule has 1 amide bonds. The zero-order valence-corrected chi connectivity index (χ0v) is 20.1. The largest absolute Gasteiger partial charge is 0.448 e. The fourth-order valence-electron chi connectivity index (χ4n) is 4.97. The lowest BCUT2D eigenvalue weighted by atomic mass is 9.98. The molecule has 1 aliphatic rings. The lowest BCUT2D eigenvalue weighted by Crippen LogP contribution is -2.53. The van der Waals surface area contributed by atoms with Gasteiger partial charge in [0.1, 0.15) is 6.61 Å². The zero-order valence-electron chi connectivity index (χ0n) is 20.1. The highest BCUT2D eigenvalue weighted by Crippen LogP contribution is 2.45. The summed E-state index contributed by atoms with van der Waals surface area (Å²) >= 11 is 0. The maximum Gasteiger partial charge on any atom is 0.418 e. The molecule has 4 aromatic carbocycles. The molecule has 0 unspecified atom stereocenters. The second-order valence-electron chi connectivity index (χ2n) is 8.46. The summed E-state index contributed by atoms with van der Waals surface area (Å²) in [7, 11) is 2.78. The summed E-state index contributed by atoms with van der Waals surface area (Å²) in [5.41, 5.74) is 5.10. The second-order valence-corrected chi connectivity index (χ2v) is 8.46. The first-order valence-electron chi connectivity index (χ1n) is 11.7. The highest BCUT2D eigenvalue weighted by atomic mass is 16.7. The van der Waals surface area contributed by atoms with Crippen LogP contribution in [0.25, 0.3) is 11.1 Å². The molecule has 0 atom stereocenters. The number of carbonyl (C=O) groups excluding carboxylic acids is 1. The lowest BCUT2D eigenvalue weighted by Gasteiger charge is -2.40. The number of nitrogens with zero attached hydrogens (tertiary/aromatic N) is 1. The van der Waals surface area contributed by atoms with Gasteiger partial charge in [0, 0.05) is 20.1 Å². The van der Waals surface area contributed by atoms with Crippen molar-refractivity contribution < 1.29 is 24.1 Å². The van der Waals surface area contributed by atoms with Crippen molar-refractivity contribution in [1.82, 2.24) is 0 Å². The molecule has 0 aromatic heterocycles. The number of methoxy groups -OCH3 is 2. The van der Waals surface area contributed by atoms with Crippen molar-refractivity contribution in [2.24, 2.45) is 0 Å². The van der Waals surface area contributed by atoms with Gasteiger partial charge in [-0.05, 0) is 46.5 Å². The number of para-hydroxylation sites is 2. The average Bonchev–Trinajstić information content (AvgIpc) is 3.25. The molecule has 1 aliphatic carbocycles. The number of hydrogen-bond acceptors (Lipinski definition) is 4. The van der Waals surface area contributed by atoms with Gasteiger partial charge in [0.2, 0.25) is 0 Å². The number of hydrogen-bond donors (Lipinski definition) is 0. The molecule has 6 heteroatoms. The molecule has 0 aliphatic heterocycles. The Balaban J connectivity index is 1.52. The topological polar surface area (TPSA) is 67.9 Å². The van der Waals surface area contributed by atoms with Crippen molar-refractivity contribution in [1.29, 1.82) is 0 Å². The van der Waals surface area contributed by atoms with Gasteiger partial charge in [-0.15, -0.1) is 0 Å². The van der Waals surface area contributed by atoms with Gasteiger partial charge in [0.25, 0.3) is 5.91 Å². The predicted molar refractivity (Wildman–Crippen MR) is 136 cm³/mol. The van der Waals surface area contributed by atoms with Crippen molar-refractivity contribution in [3.63, 3.8) is 0 Å². The number of carbonyl (C=O) groups is 1. The Morgan fingerprint density at radius 1 is 0.750 bits per heavy atom. The van der Waals surface area contributed by atoms with Crippen molar-refractivity contribution >= 4 is 11.8 Å². The molecular formula is C30H26NO5. The molecular weight excluding hydrogens is 454 g/mol. The van der Waals surface area contributed by atoms with E-state index in [1.54, 1.807) is 42.5 Å². The molecule has 6 nitrogen and oxygen atoms in total. The Morgan fingerprint density at radius 3 is 1.86 bits per heavy atom. The number of rotatable bonds is 7. The van der Waals surface area contributed by atoms with E-state index in [1.165, 1.54) is 25.2 Å². The maximum absolute atomic E-state index is 13.8. The lowest BCUT2D eigenvalue weighted by molar-refractivity contribution is -0.212. The molecule has 1 radical (unpaired) electrons. The fourth-order valence-corrected chi connectivity index (χ4v) is 4.97. The van der Waals surface area contributed by atoms with Crippen LogP contribution in [0.4, 0.5) is 10.5 Å². The first-order chi connectivity index (χ1) is 17.6. The van der Waals surface area contributed by atoms with E-state index in [4.69, 9.17) is 14.2 Å². The number of ether oxygens (including phenoxy) is 3. The highest BCUT2D eigenvalue weighted by Gasteiger charge is 2.47. The summed E-state index contributed by atoms with van der Waals surface area (Å²) in [6.07, 6.45) is -0.699. The van der Waals surface area contributed by atoms with E-state index in [0.29, 0.717) is 5.69 Å². The number of anilines is 1. The Hall–Kier alpha value is -4.13. The third-order valence-electron chi connectivity index (χ3n) is 6.61. The van der Waals surface area contributed by atoms with E-state index in [-0.39, 0.29) is 23.8 Å². The van der Waals surface area contributed by atoms with E-state index in [2.05, 4.69) is 24.3 Å². The zero-order chi connectivity index (χ0) is 25.1. The molecule has 5 rings (SSSR count). The van der Waals surface area contributed by atoms with Crippen molar-refractivity contribution in [2.45, 2.75) is 11.8 Å². The van der Waals surface area contributed by atoms with Gasteiger partial charge in [-0.2, -0.15) is 0 Å². The Morgan fingerprint density at radius 2 is 1.28 bits per heavy atom. The third-order valence-corrected chi connectivity index (χ3v) is 6.61. The summed E-state index contributed by atoms with van der Waals surface area (Å²) in [5, 5.41) is 12.8. The minimum Gasteiger partial charge on any atom is -0.448 e. The second kappa shape index (κ2) is 9.85. The van der Waals surface area contributed by atoms with Gasteiger partial charge in [-0.25, -0.2) is 9.69 Å². The molecule has 0 saturated heterocycles. The van der Waals surface area contributed by atoms with Crippen molar-refractivity contribution in [3.8, 4) is 16.9 Å². The summed E-state index contributed by atoms with van der Waals surface area (Å²) < 4.78 is 17.5. The van der Waals surface area contributed by atoms with Crippen molar-refractivity contribution in [2.75, 3.05) is 25.7 Å². The van der Waals surface area contributed by atoms with Crippen LogP contribution in [0, 0.1) is 0 Å². The molecule has 0 fully saturated rings. The summed E-state index contributed by atoms with van der Waals surface area (Å²) in [6.45, 7) is 0.110. The van der Waals surface area contributed by atoms with Crippen LogP contribution in [0.15, 0.2) is 103 Å². The van der Waals surface area contributed by atoms with Crippen LogP contribution in [0.2, 0.25) is 0 Å². The maximum atomic E-state index is 13.8. The van der Waals surface area contributed by atoms with E-state index in [1.807, 2.05) is 30.3 Å². The molecule has 0 heterocycles. The minimum absolute atomic E-state index is 0.110. The monoisotopic (exact) mass is 480 g/mol. The molecule has 36 heavy (non-hydrogen) atoms. The Kier molecular flexibility index (Phi) is 6.46. The number of fused-ring (bicyclic) bond motifs is 3. The quantitative estimate of drug-likeness (QED) is 0.276. The minimum atomic E-state index is -1.83. The predicted octanol–water partition coefficient (Wildman–Crippen LogP) is 6.69. The van der Waals surface area contributed by atoms with E-state index in [0.717, 1.165) is 22.3 Å². The van der Waals surface area contributed by atoms with Gasteiger partial charge < -0.3 is 14.2 Å². The number of benzene rings is 4. The van der Waals surface area contributed by atoms with Crippen LogP contribution in [-0.4, -0.2) is 26.9 Å². The molecule has 0 spiro atoms. The molecule has 181 valence electrons. The smallest absolute Gasteiger partial charge is 0.418 e. The molecule has 4 aromatic rings. The highest BCUT2D eigenvalue weighted by molar-refractivity contribution is 5.89. The van der Waals surface area contributed by atoms with Gasteiger partial charge in [0.05, 0.1) is 11.3 Å². The van der Waals surface area contributed by atoms with Crippen LogP contribution in [0.5, 0.6) is 5.75 Å². The number of amides is 1. The summed E-state index contributed by atoms with van der Waals surface area (Å²) in [4.78, 5) is 15.1. The van der Waals surface area contributed by atoms with Crippen LogP contribution in [-0.2, 0) is 25.2 Å². The van der Waals surface area contributed by atoms with Crippen LogP contribution in [0.3, 0.4) is 0 Å². The van der Waals surface area contributed by atoms with Gasteiger partial charge in [-0.1, -0.05) is 78.9 Å². The van der Waals surface area contributed by atoms with Crippen LogP contribution < -0.4 is 4.90 Å². The van der Waals surface area contributed by atoms with Gasteiger partial charge in [0.15, 0.2) is 5.75 Å². The standard InChI is InChI=1S/C30H26NO5/c1-34-30(35-2,27-18-10-11-19-28(27)32)31(21-12-4-3-5-13-21)29(33)36-20-26-24-16-8-6-14-22(24)23-15-7-9-17-25(23)26/h3-19,26H,20H2,1-2H3. The molecule has 0 saturated carbocycles. The molecule has 0 bridgehead atoms. The van der Waals surface area contributed by atoms with E-state index in [9.17, 15) is 9.90 Å². The average molecular weight is 481 g/mol. The first kappa shape index (κ1) is 23.6. The Labute approximate surface area is 210 Å². The Bertz CT molecular complexity index is 1320. The first-order valence-corrected chi connectivity index (χ1v) is 11.7. The van der Waals surface area contributed by atoms with Gasteiger partial charge >= 0.3 is 6.09 Å². The van der Waals surface area contributed by atoms with Crippen molar-refractivity contribution in [3.05, 3.63) is 120 Å². The normalized spacial score (nSPS) is 12.6. The van der Waals surface area contributed by atoms with Crippen LogP contribution >= 0.6 is 0 Å². The summed E-state index contributed by atoms with van der Waals surface area (Å²) in [5.74, 6) is -2.28. The van der Waals surface area contributed by atoms with E-state index < -0.39 is 12.0 Å². The SMILES string of the molecule is COC(OC)(c1ccccc1[O])N(C(=O)OCC1c2ccccc2-c2ccccc21)c1ccccc1. The summed E-state index contributed by atoms with van der Waals surface area (Å²) in [6, 6.07) is 31.5. The third kappa shape index (κ3) is 3.90. The van der Waals surface area contributed by atoms with Gasteiger partial charge in [-0.3, -0.25) is 5.11 Å². The molecule has 0 N–H and O–H groups in total. The van der Waals surface area contributed by atoms with E-state index >= 15 is 0 Å².